The van der Waals surface area contributed by atoms with Crippen LogP contribution in [-0.4, -0.2) is 22.3 Å². The number of nitrogens with one attached hydrogen (secondary N) is 1. The van der Waals surface area contributed by atoms with Gasteiger partial charge in [0, 0.05) is 17.8 Å². The minimum absolute atomic E-state index is 0.186. The molecule has 0 radical (unpaired) electrons. The lowest BCUT2D eigenvalue weighted by Gasteiger charge is -2.08. The lowest BCUT2D eigenvalue weighted by molar-refractivity contribution is -0.384. The van der Waals surface area contributed by atoms with Crippen molar-refractivity contribution in [3.8, 4) is 0 Å². The van der Waals surface area contributed by atoms with Crippen molar-refractivity contribution in [3.63, 3.8) is 0 Å². The van der Waals surface area contributed by atoms with E-state index in [1.165, 1.54) is 6.20 Å². The number of hydrogen-bond donors (Lipinski definition) is 1. The Morgan fingerprint density at radius 1 is 1.53 bits per heavy atom. The summed E-state index contributed by atoms with van der Waals surface area (Å²) in [6.07, 6.45) is 1.17. The van der Waals surface area contributed by atoms with E-state index in [2.05, 4.69) is 4.98 Å². The van der Waals surface area contributed by atoms with Crippen LogP contribution < -0.4 is 5.31 Å². The van der Waals surface area contributed by atoms with Gasteiger partial charge in [-0.25, -0.2) is 4.98 Å². The lowest BCUT2D eigenvalue weighted by Crippen LogP contribution is -2.06. The molecule has 0 fully saturated rings. The summed E-state index contributed by atoms with van der Waals surface area (Å²) in [5, 5.41) is 12.6. The number of nitro groups is 1. The van der Waals surface area contributed by atoms with Crippen molar-refractivity contribution < 1.29 is 6.34 Å². The summed E-state index contributed by atoms with van der Waals surface area (Å²) in [7, 11) is 0. The Morgan fingerprint density at radius 3 is 3.00 bits per heavy atom. The second-order valence-electron chi connectivity index (χ2n) is 3.34. The Labute approximate surface area is 104 Å². The van der Waals surface area contributed by atoms with Crippen LogP contribution in [0, 0.1) is 10.1 Å². The van der Waals surface area contributed by atoms with Crippen molar-refractivity contribution >= 4 is 33.9 Å². The van der Waals surface area contributed by atoms with Gasteiger partial charge >= 0.3 is 5.69 Å². The maximum atomic E-state index is 11.0. The highest BCUT2D eigenvalue weighted by atomic mass is 35.5. The van der Waals surface area contributed by atoms with Crippen LogP contribution in [0.5, 0.6) is 0 Å². The number of para-hydroxylation sites is 1. The van der Waals surface area contributed by atoms with E-state index in [-0.39, 0.29) is 23.8 Å². The van der Waals surface area contributed by atoms with Crippen molar-refractivity contribution in [2.75, 3.05) is 17.7 Å². The molecule has 88 valence electrons. The van der Waals surface area contributed by atoms with Crippen molar-refractivity contribution in [2.24, 2.45) is 0 Å². The normalized spacial score (nSPS) is 11.2. The van der Waals surface area contributed by atoms with Gasteiger partial charge in [-0.2, -0.15) is 0 Å². The standard InChI is InChI=1S/C11H10ClN3O2/c12-5-6-13-11-8-3-1-2-4-9(8)14-7-10(11)15(16)17/h1-4,7H,5-6H2,(H,13,14)/i/hD. The van der Waals surface area contributed by atoms with E-state index in [9.17, 15) is 10.1 Å². The van der Waals surface area contributed by atoms with Crippen LogP contribution in [0.25, 0.3) is 10.9 Å². The third kappa shape index (κ3) is 2.29. The zero-order valence-electron chi connectivity index (χ0n) is 9.84. The molecule has 2 rings (SSSR count). The molecule has 6 heteroatoms. The number of anilines is 1. The first-order valence-corrected chi connectivity index (χ1v) is 5.53. The number of aromatic nitrogens is 1. The fraction of sp³-hybridized carbons (Fsp3) is 0.182. The van der Waals surface area contributed by atoms with E-state index in [1.54, 1.807) is 24.3 Å². The molecule has 0 unspecified atom stereocenters. The molecule has 0 aliphatic heterocycles. The first-order chi connectivity index (χ1) is 8.65. The van der Waals surface area contributed by atoms with E-state index in [0.29, 0.717) is 10.9 Å². The molecule has 0 amide bonds. The fourth-order valence-electron chi connectivity index (χ4n) is 1.57. The van der Waals surface area contributed by atoms with Crippen LogP contribution in [0.1, 0.15) is 0 Å². The molecule has 0 atom stereocenters. The topological polar surface area (TPSA) is 68.1 Å². The predicted octanol–water partition coefficient (Wildman–Crippen LogP) is 2.79. The van der Waals surface area contributed by atoms with Crippen molar-refractivity contribution in [2.45, 2.75) is 0 Å². The zero-order chi connectivity index (χ0) is 13.1. The minimum Gasteiger partial charge on any atom is -0.378 e. The molecule has 0 aliphatic rings. The van der Waals surface area contributed by atoms with Gasteiger partial charge in [0.1, 0.15) is 11.9 Å². The van der Waals surface area contributed by atoms with Gasteiger partial charge in [0.15, 0.2) is 1.41 Å². The predicted molar refractivity (Wildman–Crippen MR) is 67.6 cm³/mol. The number of fused-ring (bicyclic) bond motifs is 1. The average molecular weight is 253 g/mol. The Bertz CT molecular complexity index is 594. The summed E-state index contributed by atoms with van der Waals surface area (Å²) in [5.74, 6) is 0.220. The summed E-state index contributed by atoms with van der Waals surface area (Å²) >= 11 is 5.58. The second-order valence-corrected chi connectivity index (χ2v) is 3.71. The molecule has 17 heavy (non-hydrogen) atoms. The number of benzene rings is 1. The average Bonchev–Trinajstić information content (AvgIpc) is 2.37. The molecule has 5 nitrogen and oxygen atoms in total. The van der Waals surface area contributed by atoms with Gasteiger partial charge in [0.2, 0.25) is 0 Å². The van der Waals surface area contributed by atoms with E-state index < -0.39 is 4.92 Å². The van der Waals surface area contributed by atoms with Crippen molar-refractivity contribution in [1.82, 2.24) is 4.98 Å². The Morgan fingerprint density at radius 2 is 2.29 bits per heavy atom. The Balaban J connectivity index is 2.70. The minimum atomic E-state index is -0.537. The van der Waals surface area contributed by atoms with Crippen LogP contribution in [0.4, 0.5) is 11.4 Å². The largest absolute Gasteiger partial charge is 0.378 e. The van der Waals surface area contributed by atoms with Gasteiger partial charge in [-0.15, -0.1) is 11.6 Å². The summed E-state index contributed by atoms with van der Waals surface area (Å²) in [6.45, 7) is 0.205. The molecule has 1 N–H and O–H groups in total. The highest BCUT2D eigenvalue weighted by Gasteiger charge is 2.17. The summed E-state index contributed by atoms with van der Waals surface area (Å²) in [4.78, 5) is 14.5. The smallest absolute Gasteiger partial charge is 0.311 e. The maximum Gasteiger partial charge on any atom is 0.311 e. The second kappa shape index (κ2) is 4.97. The Hall–Kier alpha value is -1.88. The van der Waals surface area contributed by atoms with Gasteiger partial charge in [-0.1, -0.05) is 18.2 Å². The number of hydrogen-bond acceptors (Lipinski definition) is 4. The molecule has 0 saturated heterocycles. The number of pyridine rings is 1. The van der Waals surface area contributed by atoms with Crippen LogP contribution in [-0.2, 0) is 0 Å². The monoisotopic (exact) mass is 252 g/mol. The number of nitrogens with zero attached hydrogens (tertiary/aromatic N) is 2. The van der Waals surface area contributed by atoms with Crippen LogP contribution in [0.2, 0.25) is 1.41 Å². The van der Waals surface area contributed by atoms with E-state index in [0.717, 1.165) is 5.31 Å². The molecule has 0 saturated carbocycles. The van der Waals surface area contributed by atoms with Crippen LogP contribution in [0.15, 0.2) is 30.5 Å². The molecular weight excluding hydrogens is 242 g/mol. The van der Waals surface area contributed by atoms with Crippen LogP contribution >= 0.6 is 11.6 Å². The zero-order valence-corrected chi connectivity index (χ0v) is 9.59. The third-order valence-electron chi connectivity index (χ3n) is 2.28. The van der Waals surface area contributed by atoms with Crippen molar-refractivity contribution in [1.29, 1.82) is 0 Å². The van der Waals surface area contributed by atoms with Crippen LogP contribution in [0.3, 0.4) is 0 Å². The van der Waals surface area contributed by atoms with Gasteiger partial charge in [0.25, 0.3) is 0 Å². The fourth-order valence-corrected chi connectivity index (χ4v) is 1.65. The van der Waals surface area contributed by atoms with Gasteiger partial charge in [-0.3, -0.25) is 10.1 Å². The molecule has 1 heterocycles. The van der Waals surface area contributed by atoms with E-state index in [4.69, 9.17) is 13.0 Å². The molecule has 0 bridgehead atoms. The quantitative estimate of drug-likeness (QED) is 0.516. The highest BCUT2D eigenvalue weighted by Crippen LogP contribution is 2.30. The van der Waals surface area contributed by atoms with E-state index in [1.807, 2.05) is 0 Å². The molecule has 1 aromatic heterocycles. The van der Waals surface area contributed by atoms with Gasteiger partial charge in [0.05, 0.1) is 10.4 Å². The highest BCUT2D eigenvalue weighted by molar-refractivity contribution is 6.18. The summed E-state index contributed by atoms with van der Waals surface area (Å²) in [5.41, 5.74) is 0.657. The van der Waals surface area contributed by atoms with E-state index >= 15 is 0 Å². The third-order valence-corrected chi connectivity index (χ3v) is 2.45. The van der Waals surface area contributed by atoms with Gasteiger partial charge in [-0.05, 0) is 6.07 Å². The summed E-state index contributed by atoms with van der Waals surface area (Å²) in [6, 6.07) is 7.00. The Kier molecular flexibility index (Phi) is 3.01. The maximum absolute atomic E-state index is 11.0. The number of halogens is 1. The lowest BCUT2D eigenvalue weighted by atomic mass is 10.1. The summed E-state index contributed by atoms with van der Waals surface area (Å²) < 4.78 is 7.85. The number of alkyl halides is 1. The molecule has 2 aromatic rings. The number of rotatable bonds is 4. The molecule has 1 aromatic carbocycles. The molecule has 0 spiro atoms. The first kappa shape index (κ1) is 10.3. The first-order valence-electron chi connectivity index (χ1n) is 5.44. The molecule has 0 aliphatic carbocycles. The molecular formula is C11H10ClN3O2. The SMILES string of the molecule is [2H]N(CCCl)c1c([N+](=O)[O-])cnc2ccccc12. The van der Waals surface area contributed by atoms with Crippen molar-refractivity contribution in [3.05, 3.63) is 40.6 Å². The van der Waals surface area contributed by atoms with Gasteiger partial charge < -0.3 is 5.31 Å².